The molecular formula is C41H39N2O4+. The third-order valence-corrected chi connectivity index (χ3v) is 10.8. The molecule has 47 heavy (non-hydrogen) atoms. The van der Waals surface area contributed by atoms with Crippen LogP contribution in [0.1, 0.15) is 65.0 Å². The van der Waals surface area contributed by atoms with Gasteiger partial charge in [-0.25, -0.2) is 4.79 Å². The Morgan fingerprint density at radius 2 is 1.43 bits per heavy atom. The Balaban J connectivity index is 1.18. The van der Waals surface area contributed by atoms with E-state index in [4.69, 9.17) is 4.42 Å². The van der Waals surface area contributed by atoms with Crippen LogP contribution in [0.15, 0.2) is 81.3 Å². The lowest BCUT2D eigenvalue weighted by Gasteiger charge is -2.37. The SMILES string of the molecule is CC1=C(C)C(=O)C(C(C)(C)CC(=O)[NH+]=c2ccc3c(ccc4cc5ccc6c7c8c(cc6c5oc43)CCCN8CCC7)c2)=C(C)C1=O. The zero-order valence-corrected chi connectivity index (χ0v) is 27.7. The van der Waals surface area contributed by atoms with Gasteiger partial charge in [0.1, 0.15) is 11.2 Å². The fourth-order valence-electron chi connectivity index (χ4n) is 8.39. The molecular weight excluding hydrogens is 584 g/mol. The maximum absolute atomic E-state index is 13.3. The zero-order valence-electron chi connectivity index (χ0n) is 27.7. The molecule has 0 saturated carbocycles. The van der Waals surface area contributed by atoms with Crippen LogP contribution in [-0.2, 0) is 27.2 Å². The lowest BCUT2D eigenvalue weighted by atomic mass is 9.71. The first-order valence-electron chi connectivity index (χ1n) is 16.8. The topological polar surface area (TPSA) is 81.6 Å². The molecule has 1 aromatic heterocycles. The largest absolute Gasteiger partial charge is 0.455 e. The Kier molecular flexibility index (Phi) is 6.66. The number of carbonyl (C=O) groups excluding carboxylic acids is 3. The number of allylic oxidation sites excluding steroid dienone is 4. The molecule has 5 aromatic rings. The van der Waals surface area contributed by atoms with Crippen molar-refractivity contribution >= 4 is 66.6 Å². The zero-order chi connectivity index (χ0) is 32.8. The number of aryl methyl sites for hydroxylation is 2. The van der Waals surface area contributed by atoms with Crippen molar-refractivity contribution < 1.29 is 23.8 Å². The van der Waals surface area contributed by atoms with E-state index in [1.165, 1.54) is 40.4 Å². The molecule has 0 radical (unpaired) electrons. The summed E-state index contributed by atoms with van der Waals surface area (Å²) in [7, 11) is 0. The number of anilines is 1. The van der Waals surface area contributed by atoms with Crippen molar-refractivity contribution in [2.75, 3.05) is 18.0 Å². The van der Waals surface area contributed by atoms with E-state index in [0.717, 1.165) is 58.6 Å². The summed E-state index contributed by atoms with van der Waals surface area (Å²) in [5, 5.41) is 7.22. The number of benzene rings is 4. The second-order valence-corrected chi connectivity index (χ2v) is 14.3. The van der Waals surface area contributed by atoms with Crippen LogP contribution in [0.4, 0.5) is 5.69 Å². The van der Waals surface area contributed by atoms with Crippen LogP contribution in [-0.4, -0.2) is 30.6 Å². The third kappa shape index (κ3) is 4.60. The van der Waals surface area contributed by atoms with Gasteiger partial charge in [-0.05, 0) is 86.6 Å². The van der Waals surface area contributed by atoms with Crippen LogP contribution in [0, 0.1) is 5.41 Å². The Morgan fingerprint density at radius 3 is 2.21 bits per heavy atom. The second-order valence-electron chi connectivity index (χ2n) is 14.3. The molecule has 1 aliphatic carbocycles. The minimum Gasteiger partial charge on any atom is -0.455 e. The first kappa shape index (κ1) is 29.6. The van der Waals surface area contributed by atoms with E-state index in [1.807, 2.05) is 32.0 Å². The predicted octanol–water partition coefficient (Wildman–Crippen LogP) is 6.32. The first-order chi connectivity index (χ1) is 22.5. The van der Waals surface area contributed by atoms with Crippen molar-refractivity contribution in [1.29, 1.82) is 0 Å². The fourth-order valence-corrected chi connectivity index (χ4v) is 8.39. The van der Waals surface area contributed by atoms with Gasteiger partial charge in [0.05, 0.1) is 6.42 Å². The molecule has 2 aliphatic heterocycles. The molecule has 0 atom stereocenters. The van der Waals surface area contributed by atoms with Gasteiger partial charge in [-0.15, -0.1) is 0 Å². The van der Waals surface area contributed by atoms with Crippen molar-refractivity contribution in [3.05, 3.63) is 93.4 Å². The van der Waals surface area contributed by atoms with Crippen molar-refractivity contribution in [1.82, 2.24) is 0 Å². The summed E-state index contributed by atoms with van der Waals surface area (Å²) < 4.78 is 6.84. The van der Waals surface area contributed by atoms with E-state index >= 15 is 0 Å². The highest BCUT2D eigenvalue weighted by Crippen LogP contribution is 2.43. The molecule has 0 saturated heterocycles. The summed E-state index contributed by atoms with van der Waals surface area (Å²) in [5.74, 6) is -0.493. The van der Waals surface area contributed by atoms with Gasteiger partial charge >= 0.3 is 5.91 Å². The smallest absolute Gasteiger partial charge is 0.386 e. The number of carbonyl (C=O) groups is 3. The molecule has 8 rings (SSSR count). The molecule has 6 nitrogen and oxygen atoms in total. The van der Waals surface area contributed by atoms with E-state index in [-0.39, 0.29) is 23.9 Å². The van der Waals surface area contributed by atoms with Crippen LogP contribution in [0.25, 0.3) is 43.5 Å². The van der Waals surface area contributed by atoms with Crippen LogP contribution < -0.4 is 15.2 Å². The highest BCUT2D eigenvalue weighted by molar-refractivity contribution is 6.25. The molecule has 3 aliphatic rings. The standard InChI is InChI=1S/C41H38N2O4/c1-22-23(2)38(46)35(24(3)37(22)45)41(4,5)21-34(44)42-29-13-15-30-25(19-29)10-11-27-18-28-12-14-31-32-9-7-17-43-16-6-8-26(36(32)43)20-33(31)40(28)47-39(27)30/h10-15,18-20H,6-9,16-17,21H2,1-5H3/p+1. The van der Waals surface area contributed by atoms with Gasteiger partial charge < -0.3 is 9.32 Å². The van der Waals surface area contributed by atoms with E-state index in [0.29, 0.717) is 27.6 Å². The number of fused-ring (bicyclic) bond motifs is 7. The maximum atomic E-state index is 13.3. The number of rotatable bonds is 3. The average Bonchev–Trinajstić information content (AvgIpc) is 3.05. The molecule has 0 unspecified atom stereocenters. The van der Waals surface area contributed by atoms with Gasteiger partial charge in [0.2, 0.25) is 5.36 Å². The van der Waals surface area contributed by atoms with Crippen molar-refractivity contribution in [3.8, 4) is 0 Å². The highest BCUT2D eigenvalue weighted by atomic mass is 16.3. The average molecular weight is 624 g/mol. The summed E-state index contributed by atoms with van der Waals surface area (Å²) >= 11 is 0. The van der Waals surface area contributed by atoms with Crippen LogP contribution in [0.2, 0.25) is 0 Å². The monoisotopic (exact) mass is 623 g/mol. The summed E-state index contributed by atoms with van der Waals surface area (Å²) in [6.07, 6.45) is 4.65. The van der Waals surface area contributed by atoms with Crippen LogP contribution in [0.3, 0.4) is 0 Å². The highest BCUT2D eigenvalue weighted by Gasteiger charge is 2.39. The number of ketones is 2. The quantitative estimate of drug-likeness (QED) is 0.145. The van der Waals surface area contributed by atoms with E-state index in [9.17, 15) is 14.4 Å². The van der Waals surface area contributed by atoms with Crippen molar-refractivity contribution in [3.63, 3.8) is 0 Å². The van der Waals surface area contributed by atoms with E-state index in [2.05, 4.69) is 46.3 Å². The van der Waals surface area contributed by atoms with Gasteiger partial charge in [0.15, 0.2) is 11.6 Å². The normalized spacial score (nSPS) is 17.6. The van der Waals surface area contributed by atoms with E-state index < -0.39 is 5.41 Å². The Hall–Kier alpha value is -4.84. The number of nitrogens with zero attached hydrogens (tertiary/aromatic N) is 1. The molecule has 0 bridgehead atoms. The fraction of sp³-hybridized carbons (Fsp3) is 0.317. The Bertz CT molecular complexity index is 2400. The van der Waals surface area contributed by atoms with Gasteiger partial charge in [0.25, 0.3) is 0 Å². The molecule has 236 valence electrons. The van der Waals surface area contributed by atoms with Gasteiger partial charge in [0, 0.05) is 80.2 Å². The van der Waals surface area contributed by atoms with Gasteiger partial charge in [-0.1, -0.05) is 38.1 Å². The second kappa shape index (κ2) is 10.6. The number of hydrogen-bond donors (Lipinski definition) is 1. The number of hydrogen-bond acceptors (Lipinski definition) is 5. The summed E-state index contributed by atoms with van der Waals surface area (Å²) in [4.78, 5) is 44.9. The molecule has 1 N–H and O–H groups in total. The number of nitrogens with one attached hydrogen (secondary N) is 1. The van der Waals surface area contributed by atoms with Crippen LogP contribution in [0.5, 0.6) is 0 Å². The van der Waals surface area contributed by atoms with Crippen molar-refractivity contribution in [2.45, 2.75) is 66.7 Å². The Labute approximate surface area is 273 Å². The third-order valence-electron chi connectivity index (χ3n) is 10.8. The molecule has 1 amide bonds. The molecule has 0 fully saturated rings. The van der Waals surface area contributed by atoms with E-state index in [1.54, 1.807) is 20.8 Å². The molecule has 6 heteroatoms. The minimum absolute atomic E-state index is 0.0681. The maximum Gasteiger partial charge on any atom is 0.386 e. The summed E-state index contributed by atoms with van der Waals surface area (Å²) in [6, 6.07) is 19.1. The van der Waals surface area contributed by atoms with Crippen molar-refractivity contribution in [2.24, 2.45) is 5.41 Å². The summed E-state index contributed by atoms with van der Waals surface area (Å²) in [6.45, 7) is 11.1. The van der Waals surface area contributed by atoms with Gasteiger partial charge in [-0.2, -0.15) is 4.99 Å². The molecule has 3 heterocycles. The molecule has 4 aromatic carbocycles. The first-order valence-corrected chi connectivity index (χ1v) is 16.8. The molecule has 0 spiro atoms. The lowest BCUT2D eigenvalue weighted by Crippen LogP contribution is -2.81. The number of Topliss-reactive ketones (excluding diaryl/α,β-unsaturated/α-hetero) is 2. The summed E-state index contributed by atoms with van der Waals surface area (Å²) in [5.41, 5.74) is 7.10. The van der Waals surface area contributed by atoms with Gasteiger partial charge in [-0.3, -0.25) is 9.59 Å². The minimum atomic E-state index is -0.811. The predicted molar refractivity (Wildman–Crippen MR) is 186 cm³/mol. The van der Waals surface area contributed by atoms with Crippen LogP contribution >= 0.6 is 0 Å². The Morgan fingerprint density at radius 1 is 0.766 bits per heavy atom. The lowest BCUT2D eigenvalue weighted by molar-refractivity contribution is -0.418. The number of amides is 1.